The Bertz CT molecular complexity index is 778. The molecule has 0 N–H and O–H groups in total. The standard InChI is InChI=1S/C18H21NO5/c1-5-24-18(20)11-8-14-13-9-15(21-2)17(23-4)16(22-3)12(13)6-7-19(14)10-11/h8-10H,5-7H2,1-4H3. The molecular weight excluding hydrogens is 310 g/mol. The third-order valence-corrected chi connectivity index (χ3v) is 4.22. The van der Waals surface area contributed by atoms with Gasteiger partial charge in [-0.05, 0) is 25.5 Å². The summed E-state index contributed by atoms with van der Waals surface area (Å²) in [5.74, 6) is 1.55. The molecule has 6 heteroatoms. The van der Waals surface area contributed by atoms with Gasteiger partial charge in [0, 0.05) is 29.6 Å². The number of fused-ring (bicyclic) bond motifs is 3. The van der Waals surface area contributed by atoms with Gasteiger partial charge < -0.3 is 23.5 Å². The SMILES string of the molecule is CCOC(=O)c1cc2n(c1)CCc1c-2cc(OC)c(OC)c1OC. The van der Waals surface area contributed by atoms with E-state index in [-0.39, 0.29) is 5.97 Å². The van der Waals surface area contributed by atoms with Gasteiger partial charge in [0.25, 0.3) is 0 Å². The van der Waals surface area contributed by atoms with Gasteiger partial charge in [-0.2, -0.15) is 0 Å². The van der Waals surface area contributed by atoms with Crippen molar-refractivity contribution in [2.75, 3.05) is 27.9 Å². The van der Waals surface area contributed by atoms with Crippen LogP contribution in [0.4, 0.5) is 0 Å². The lowest BCUT2D eigenvalue weighted by Gasteiger charge is -2.24. The Morgan fingerprint density at radius 2 is 1.88 bits per heavy atom. The van der Waals surface area contributed by atoms with E-state index in [4.69, 9.17) is 18.9 Å². The highest BCUT2D eigenvalue weighted by Gasteiger charge is 2.27. The minimum absolute atomic E-state index is 0.312. The number of carbonyl (C=O) groups excluding carboxylic acids is 1. The number of esters is 1. The Hall–Kier alpha value is -2.63. The summed E-state index contributed by atoms with van der Waals surface area (Å²) in [6, 6.07) is 3.78. The van der Waals surface area contributed by atoms with E-state index in [2.05, 4.69) is 4.57 Å². The van der Waals surface area contributed by atoms with Gasteiger partial charge >= 0.3 is 5.97 Å². The van der Waals surface area contributed by atoms with Gasteiger partial charge in [0.1, 0.15) is 0 Å². The zero-order valence-electron chi connectivity index (χ0n) is 14.3. The first-order chi connectivity index (χ1) is 11.6. The molecule has 0 bridgehead atoms. The van der Waals surface area contributed by atoms with E-state index in [1.807, 2.05) is 18.3 Å². The molecule has 6 nitrogen and oxygen atoms in total. The predicted molar refractivity (Wildman–Crippen MR) is 89.2 cm³/mol. The second kappa shape index (κ2) is 6.47. The van der Waals surface area contributed by atoms with Gasteiger partial charge in [-0.1, -0.05) is 0 Å². The molecule has 0 saturated heterocycles. The number of aryl methyl sites for hydroxylation is 1. The quantitative estimate of drug-likeness (QED) is 0.789. The second-order valence-electron chi connectivity index (χ2n) is 5.45. The summed E-state index contributed by atoms with van der Waals surface area (Å²) in [7, 11) is 4.81. The predicted octanol–water partition coefficient (Wildman–Crippen LogP) is 2.91. The highest BCUT2D eigenvalue weighted by molar-refractivity contribution is 5.91. The molecule has 0 aliphatic carbocycles. The van der Waals surface area contributed by atoms with Crippen LogP contribution in [0.15, 0.2) is 18.3 Å². The molecule has 24 heavy (non-hydrogen) atoms. The topological polar surface area (TPSA) is 58.9 Å². The van der Waals surface area contributed by atoms with Crippen molar-refractivity contribution in [1.82, 2.24) is 4.57 Å². The molecule has 1 aliphatic rings. The minimum atomic E-state index is -0.312. The molecule has 0 spiro atoms. The van der Waals surface area contributed by atoms with Crippen LogP contribution in [-0.2, 0) is 17.7 Å². The average Bonchev–Trinajstić information content (AvgIpc) is 3.04. The molecule has 3 rings (SSSR count). The summed E-state index contributed by atoms with van der Waals surface area (Å²) in [5.41, 5.74) is 3.52. The Labute approximate surface area is 140 Å². The largest absolute Gasteiger partial charge is 0.493 e. The van der Waals surface area contributed by atoms with E-state index in [0.29, 0.717) is 29.4 Å². The number of carbonyl (C=O) groups is 1. The van der Waals surface area contributed by atoms with Crippen LogP contribution in [0.3, 0.4) is 0 Å². The molecule has 0 atom stereocenters. The van der Waals surface area contributed by atoms with Crippen molar-refractivity contribution in [3.63, 3.8) is 0 Å². The number of hydrogen-bond donors (Lipinski definition) is 0. The Balaban J connectivity index is 2.16. The molecule has 2 heterocycles. The second-order valence-corrected chi connectivity index (χ2v) is 5.45. The van der Waals surface area contributed by atoms with Crippen molar-refractivity contribution in [2.24, 2.45) is 0 Å². The number of methoxy groups -OCH3 is 3. The van der Waals surface area contributed by atoms with Crippen LogP contribution in [0.1, 0.15) is 22.8 Å². The summed E-state index contributed by atoms with van der Waals surface area (Å²) in [4.78, 5) is 12.0. The van der Waals surface area contributed by atoms with E-state index in [1.54, 1.807) is 28.3 Å². The zero-order chi connectivity index (χ0) is 17.3. The van der Waals surface area contributed by atoms with Crippen molar-refractivity contribution in [3.8, 4) is 28.5 Å². The smallest absolute Gasteiger partial charge is 0.339 e. The number of aromatic nitrogens is 1. The maximum Gasteiger partial charge on any atom is 0.339 e. The lowest BCUT2D eigenvalue weighted by Crippen LogP contribution is -2.12. The van der Waals surface area contributed by atoms with Crippen LogP contribution in [-0.4, -0.2) is 38.5 Å². The van der Waals surface area contributed by atoms with Gasteiger partial charge in [0.15, 0.2) is 11.5 Å². The van der Waals surface area contributed by atoms with Crippen LogP contribution < -0.4 is 14.2 Å². The van der Waals surface area contributed by atoms with Gasteiger partial charge in [-0.15, -0.1) is 0 Å². The molecule has 1 aromatic heterocycles. The van der Waals surface area contributed by atoms with E-state index in [9.17, 15) is 4.79 Å². The first kappa shape index (κ1) is 16.2. The first-order valence-electron chi connectivity index (χ1n) is 7.84. The van der Waals surface area contributed by atoms with Crippen molar-refractivity contribution >= 4 is 5.97 Å². The molecule has 1 aromatic carbocycles. The number of ether oxygens (including phenoxy) is 4. The van der Waals surface area contributed by atoms with Crippen molar-refractivity contribution < 1.29 is 23.7 Å². The van der Waals surface area contributed by atoms with Crippen LogP contribution >= 0.6 is 0 Å². The average molecular weight is 331 g/mol. The van der Waals surface area contributed by atoms with E-state index in [1.165, 1.54) is 0 Å². The molecule has 0 saturated carbocycles. The fourth-order valence-corrected chi connectivity index (χ4v) is 3.17. The van der Waals surface area contributed by atoms with Crippen molar-refractivity contribution in [3.05, 3.63) is 29.5 Å². The number of rotatable bonds is 5. The third kappa shape index (κ3) is 2.48. The number of hydrogen-bond acceptors (Lipinski definition) is 5. The lowest BCUT2D eigenvalue weighted by atomic mass is 9.96. The normalized spacial score (nSPS) is 12.2. The molecule has 2 aromatic rings. The van der Waals surface area contributed by atoms with E-state index in [0.717, 1.165) is 29.8 Å². The highest BCUT2D eigenvalue weighted by Crippen LogP contribution is 2.47. The number of benzene rings is 1. The monoisotopic (exact) mass is 331 g/mol. The summed E-state index contributed by atoms with van der Waals surface area (Å²) in [5, 5.41) is 0. The van der Waals surface area contributed by atoms with E-state index < -0.39 is 0 Å². The fraction of sp³-hybridized carbons (Fsp3) is 0.389. The summed E-state index contributed by atoms with van der Waals surface area (Å²) >= 11 is 0. The molecule has 0 radical (unpaired) electrons. The van der Waals surface area contributed by atoms with Crippen LogP contribution in [0.25, 0.3) is 11.3 Å². The highest BCUT2D eigenvalue weighted by atomic mass is 16.5. The maximum absolute atomic E-state index is 12.0. The van der Waals surface area contributed by atoms with Crippen LogP contribution in [0, 0.1) is 0 Å². The third-order valence-electron chi connectivity index (χ3n) is 4.22. The van der Waals surface area contributed by atoms with Crippen molar-refractivity contribution in [2.45, 2.75) is 19.9 Å². The summed E-state index contributed by atoms with van der Waals surface area (Å²) in [6.45, 7) is 2.91. The number of nitrogens with zero attached hydrogens (tertiary/aromatic N) is 1. The molecule has 0 unspecified atom stereocenters. The van der Waals surface area contributed by atoms with E-state index >= 15 is 0 Å². The van der Waals surface area contributed by atoms with Gasteiger partial charge in [-0.3, -0.25) is 0 Å². The Morgan fingerprint density at radius 3 is 2.50 bits per heavy atom. The molecule has 1 aliphatic heterocycles. The van der Waals surface area contributed by atoms with Gasteiger partial charge in [0.05, 0.1) is 33.5 Å². The molecule has 0 amide bonds. The first-order valence-corrected chi connectivity index (χ1v) is 7.84. The molecule has 128 valence electrons. The minimum Gasteiger partial charge on any atom is -0.493 e. The molecular formula is C18H21NO5. The summed E-state index contributed by atoms with van der Waals surface area (Å²) in [6.07, 6.45) is 2.61. The maximum atomic E-state index is 12.0. The van der Waals surface area contributed by atoms with Crippen molar-refractivity contribution in [1.29, 1.82) is 0 Å². The van der Waals surface area contributed by atoms with Crippen LogP contribution in [0.2, 0.25) is 0 Å². The lowest BCUT2D eigenvalue weighted by molar-refractivity contribution is 0.0526. The fourth-order valence-electron chi connectivity index (χ4n) is 3.17. The Kier molecular flexibility index (Phi) is 4.38. The van der Waals surface area contributed by atoms with Gasteiger partial charge in [-0.25, -0.2) is 4.79 Å². The summed E-state index contributed by atoms with van der Waals surface area (Å²) < 4.78 is 23.6. The molecule has 0 fully saturated rings. The Morgan fingerprint density at radius 1 is 1.12 bits per heavy atom. The zero-order valence-corrected chi connectivity index (χ0v) is 14.3. The van der Waals surface area contributed by atoms with Gasteiger partial charge in [0.2, 0.25) is 5.75 Å². The van der Waals surface area contributed by atoms with Crippen LogP contribution in [0.5, 0.6) is 17.2 Å².